The molecule has 0 bridgehead atoms. The highest BCUT2D eigenvalue weighted by Crippen LogP contribution is 2.30. The van der Waals surface area contributed by atoms with Crippen LogP contribution < -0.4 is 9.97 Å². The lowest BCUT2D eigenvalue weighted by Crippen LogP contribution is -2.53. The van der Waals surface area contributed by atoms with Gasteiger partial charge in [-0.1, -0.05) is 30.4 Å². The molecule has 0 aromatic heterocycles. The lowest BCUT2D eigenvalue weighted by molar-refractivity contribution is 0.0938. The van der Waals surface area contributed by atoms with Crippen LogP contribution in [0.15, 0.2) is 42.5 Å². The minimum absolute atomic E-state index is 0.122. The van der Waals surface area contributed by atoms with E-state index in [1.807, 2.05) is 24.3 Å². The zero-order chi connectivity index (χ0) is 18.3. The first-order valence-corrected chi connectivity index (χ1v) is 8.61. The molecule has 2 aromatic carbocycles. The molecule has 0 saturated carbocycles. The van der Waals surface area contributed by atoms with Gasteiger partial charge in [0.25, 0.3) is 5.91 Å². The second kappa shape index (κ2) is 6.46. The van der Waals surface area contributed by atoms with Crippen LogP contribution in [0.2, 0.25) is 0 Å². The number of benzene rings is 2. The molecule has 1 amide bonds. The Hall–Kier alpha value is -2.86. The van der Waals surface area contributed by atoms with E-state index < -0.39 is 13.1 Å². The summed E-state index contributed by atoms with van der Waals surface area (Å²) in [7, 11) is -1.21. The third-order valence-electron chi connectivity index (χ3n) is 4.86. The first-order valence-electron chi connectivity index (χ1n) is 8.61. The van der Waals surface area contributed by atoms with Gasteiger partial charge in [-0.05, 0) is 54.7 Å². The average Bonchev–Trinajstić information content (AvgIpc) is 3.09. The molecule has 0 unspecified atom stereocenters. The number of fused-ring (bicyclic) bond motifs is 2. The lowest BCUT2D eigenvalue weighted by atomic mass is 9.72. The second-order valence-electron chi connectivity index (χ2n) is 6.66. The smallest absolute Gasteiger partial charge is 0.534 e. The van der Waals surface area contributed by atoms with E-state index in [-0.39, 0.29) is 11.7 Å². The number of hydrogen-bond donors (Lipinski definition) is 2. The van der Waals surface area contributed by atoms with Crippen LogP contribution >= 0.6 is 0 Å². The number of amides is 1. The van der Waals surface area contributed by atoms with Gasteiger partial charge in [0.05, 0.1) is 11.5 Å². The predicted octanol–water partition coefficient (Wildman–Crippen LogP) is 2.21. The molecule has 2 N–H and O–H groups in total. The van der Waals surface area contributed by atoms with Crippen LogP contribution in [0.5, 0.6) is 5.75 Å². The Kier molecular flexibility index (Phi) is 4.13. The Labute approximate surface area is 151 Å². The molecule has 5 nitrogen and oxygen atoms in total. The van der Waals surface area contributed by atoms with Gasteiger partial charge >= 0.3 is 7.12 Å². The summed E-state index contributed by atoms with van der Waals surface area (Å²) in [4.78, 5) is 24.3. The number of carbonyl (C=O) groups is 2. The number of carbonyl (C=O) groups excluding carboxylic acids is 2. The summed E-state index contributed by atoms with van der Waals surface area (Å²) in [6.07, 6.45) is 5.36. The van der Waals surface area contributed by atoms with Gasteiger partial charge in [-0.2, -0.15) is 0 Å². The molecule has 26 heavy (non-hydrogen) atoms. The van der Waals surface area contributed by atoms with Crippen molar-refractivity contribution in [3.05, 3.63) is 70.3 Å². The Balaban J connectivity index is 1.54. The monoisotopic (exact) mass is 347 g/mol. The molecule has 1 aliphatic carbocycles. The molecule has 0 spiro atoms. The Bertz CT molecular complexity index is 937. The minimum atomic E-state index is -1.21. The molecule has 2 aromatic rings. The fraction of sp³-hybridized carbons (Fsp3) is 0.200. The van der Waals surface area contributed by atoms with E-state index in [4.69, 9.17) is 4.65 Å². The lowest BCUT2D eigenvalue weighted by Gasteiger charge is -2.29. The van der Waals surface area contributed by atoms with Gasteiger partial charge in [0, 0.05) is 5.56 Å². The molecule has 0 radical (unpaired) electrons. The molecule has 6 heteroatoms. The first-order chi connectivity index (χ1) is 12.5. The van der Waals surface area contributed by atoms with Crippen molar-refractivity contribution in [1.29, 1.82) is 0 Å². The van der Waals surface area contributed by atoms with Gasteiger partial charge < -0.3 is 15.0 Å². The number of hydrogen-bond acceptors (Lipinski definition) is 4. The summed E-state index contributed by atoms with van der Waals surface area (Å²) >= 11 is 0. The maximum absolute atomic E-state index is 12.6. The molecule has 2 aliphatic rings. The van der Waals surface area contributed by atoms with Crippen LogP contribution in [0.1, 0.15) is 44.3 Å². The van der Waals surface area contributed by atoms with Crippen LogP contribution in [0, 0.1) is 0 Å². The van der Waals surface area contributed by atoms with E-state index in [1.165, 1.54) is 12.5 Å². The number of Topliss-reactive ketones (excluding diaryl/α,β-unsaturated/α-hetero) is 1. The molecule has 4 rings (SSSR count). The van der Waals surface area contributed by atoms with E-state index in [2.05, 4.69) is 11.4 Å². The maximum atomic E-state index is 12.6. The van der Waals surface area contributed by atoms with Crippen molar-refractivity contribution in [2.45, 2.75) is 25.7 Å². The number of para-hydroxylation sites is 1. The zero-order valence-electron chi connectivity index (χ0n) is 14.4. The van der Waals surface area contributed by atoms with Gasteiger partial charge in [0.1, 0.15) is 5.75 Å². The zero-order valence-corrected chi connectivity index (χ0v) is 14.4. The fourth-order valence-corrected chi connectivity index (χ4v) is 3.47. The van der Waals surface area contributed by atoms with Crippen LogP contribution in [-0.4, -0.2) is 29.8 Å². The average molecular weight is 347 g/mol. The van der Waals surface area contributed by atoms with Gasteiger partial charge in [-0.15, -0.1) is 0 Å². The summed E-state index contributed by atoms with van der Waals surface area (Å²) < 4.78 is 5.56. The van der Waals surface area contributed by atoms with Gasteiger partial charge in [-0.3, -0.25) is 9.59 Å². The quantitative estimate of drug-likeness (QED) is 0.659. The third-order valence-corrected chi connectivity index (χ3v) is 4.86. The van der Waals surface area contributed by atoms with Crippen molar-refractivity contribution >= 4 is 24.9 Å². The van der Waals surface area contributed by atoms with E-state index in [1.54, 1.807) is 18.2 Å². The predicted molar refractivity (Wildman–Crippen MR) is 99.2 cm³/mol. The third kappa shape index (κ3) is 2.93. The molecular weight excluding hydrogens is 329 g/mol. The van der Waals surface area contributed by atoms with E-state index >= 15 is 0 Å². The summed E-state index contributed by atoms with van der Waals surface area (Å²) in [5, 5.41) is 13.2. The summed E-state index contributed by atoms with van der Waals surface area (Å²) in [5.74, 6) is -0.559. The molecule has 1 heterocycles. The van der Waals surface area contributed by atoms with Crippen LogP contribution in [0.25, 0.3) is 6.08 Å². The van der Waals surface area contributed by atoms with Crippen molar-refractivity contribution in [2.24, 2.45) is 0 Å². The van der Waals surface area contributed by atoms with E-state index in [0.29, 0.717) is 23.3 Å². The molecule has 0 saturated heterocycles. The number of ketones is 1. The Morgan fingerprint density at radius 1 is 1.23 bits per heavy atom. The minimum Gasteiger partial charge on any atom is -0.534 e. The largest absolute Gasteiger partial charge is 0.547 e. The number of allylic oxidation sites excluding steroid dienone is 1. The maximum Gasteiger partial charge on any atom is 0.547 e. The van der Waals surface area contributed by atoms with E-state index in [0.717, 1.165) is 17.5 Å². The number of rotatable bonds is 3. The highest BCUT2D eigenvalue weighted by molar-refractivity contribution is 6.47. The molecule has 1 atom stereocenters. The SMILES string of the molecule is CC(=O)c1cccc2c1OB(O)[C@@H](NC(=O)c1ccc3c(c1)C=CC3)C2. The van der Waals surface area contributed by atoms with Gasteiger partial charge in [-0.25, -0.2) is 0 Å². The fourth-order valence-electron chi connectivity index (χ4n) is 3.47. The van der Waals surface area contributed by atoms with Gasteiger partial charge in [0.2, 0.25) is 0 Å². The van der Waals surface area contributed by atoms with Crippen LogP contribution in [0.3, 0.4) is 0 Å². The summed E-state index contributed by atoms with van der Waals surface area (Å²) in [6.45, 7) is 1.46. The molecule has 130 valence electrons. The van der Waals surface area contributed by atoms with E-state index in [9.17, 15) is 14.6 Å². The molecule has 0 fully saturated rings. The Morgan fingerprint density at radius 3 is 2.88 bits per heavy atom. The van der Waals surface area contributed by atoms with Crippen LogP contribution in [0.4, 0.5) is 0 Å². The van der Waals surface area contributed by atoms with Crippen molar-refractivity contribution in [1.82, 2.24) is 5.32 Å². The van der Waals surface area contributed by atoms with Crippen molar-refractivity contribution in [3.8, 4) is 5.75 Å². The first kappa shape index (κ1) is 16.6. The standard InChI is InChI=1S/C20H18BNO4/c1-12(23)17-7-3-6-15-11-18(21(25)26-19(15)17)22-20(24)16-9-8-13-4-2-5-14(13)10-16/h2-3,5-10,18,25H,4,11H2,1H3,(H,22,24)/t18-/m0/s1. The van der Waals surface area contributed by atoms with Crippen molar-refractivity contribution < 1.29 is 19.3 Å². The second-order valence-corrected chi connectivity index (χ2v) is 6.66. The van der Waals surface area contributed by atoms with Crippen molar-refractivity contribution in [3.63, 3.8) is 0 Å². The molecular formula is C20H18BNO4. The molecule has 1 aliphatic heterocycles. The highest BCUT2D eigenvalue weighted by atomic mass is 16.5. The normalized spacial score (nSPS) is 17.3. The summed E-state index contributed by atoms with van der Waals surface area (Å²) in [6, 6.07) is 10.9. The van der Waals surface area contributed by atoms with Gasteiger partial charge in [0.15, 0.2) is 5.78 Å². The summed E-state index contributed by atoms with van der Waals surface area (Å²) in [5.41, 5.74) is 4.04. The van der Waals surface area contributed by atoms with Crippen LogP contribution in [-0.2, 0) is 12.8 Å². The topological polar surface area (TPSA) is 75.6 Å². The van der Waals surface area contributed by atoms with Crippen molar-refractivity contribution in [2.75, 3.05) is 0 Å². The number of nitrogens with one attached hydrogen (secondary N) is 1. The Morgan fingerprint density at radius 2 is 2.08 bits per heavy atom. The highest BCUT2D eigenvalue weighted by Gasteiger charge is 2.37.